The van der Waals surface area contributed by atoms with Gasteiger partial charge in [-0.15, -0.1) is 0 Å². The van der Waals surface area contributed by atoms with Crippen LogP contribution in [-0.4, -0.2) is 45.9 Å². The van der Waals surface area contributed by atoms with Gasteiger partial charge < -0.3 is 19.5 Å². The van der Waals surface area contributed by atoms with Crippen LogP contribution in [-0.2, 0) is 9.53 Å². The smallest absolute Gasteiger partial charge is 0.333 e. The van der Waals surface area contributed by atoms with Gasteiger partial charge >= 0.3 is 6.03 Å². The number of hydrogen-bond acceptors (Lipinski definition) is 5. The van der Waals surface area contributed by atoms with E-state index in [9.17, 15) is 9.59 Å². The van der Waals surface area contributed by atoms with Gasteiger partial charge in [-0.25, -0.2) is 10.2 Å². The summed E-state index contributed by atoms with van der Waals surface area (Å²) < 4.78 is 15.1. The highest BCUT2D eigenvalue weighted by Crippen LogP contribution is 2.16. The minimum Gasteiger partial charge on any atom is -0.497 e. The first-order chi connectivity index (χ1) is 10.7. The number of urea groups is 1. The predicted molar refractivity (Wildman–Crippen MR) is 79.7 cm³/mol. The molecule has 0 saturated carbocycles. The fraction of sp³-hybridized carbons (Fsp3) is 0.429. The van der Waals surface area contributed by atoms with Crippen molar-refractivity contribution in [3.05, 3.63) is 24.3 Å². The minimum absolute atomic E-state index is 0.212. The van der Waals surface area contributed by atoms with E-state index < -0.39 is 11.9 Å². The molecule has 22 heavy (non-hydrogen) atoms. The van der Waals surface area contributed by atoms with Crippen molar-refractivity contribution in [3.63, 3.8) is 0 Å². The summed E-state index contributed by atoms with van der Waals surface area (Å²) in [4.78, 5) is 22.8. The van der Waals surface area contributed by atoms with Crippen LogP contribution in [0.3, 0.4) is 0 Å². The monoisotopic (exact) mass is 311 g/mol. The third-order valence-electron chi connectivity index (χ3n) is 2.56. The molecular formula is C14H21N3O5. The van der Waals surface area contributed by atoms with E-state index in [2.05, 4.69) is 16.2 Å². The highest BCUT2D eigenvalue weighted by molar-refractivity contribution is 5.81. The number of hydrogen-bond donors (Lipinski definition) is 3. The molecule has 0 atom stereocenters. The average Bonchev–Trinajstić information content (AvgIpc) is 2.55. The second-order valence-corrected chi connectivity index (χ2v) is 4.24. The van der Waals surface area contributed by atoms with E-state index in [0.29, 0.717) is 31.1 Å². The molecule has 0 aromatic heterocycles. The molecule has 1 aromatic carbocycles. The average molecular weight is 311 g/mol. The van der Waals surface area contributed by atoms with Crippen LogP contribution >= 0.6 is 0 Å². The summed E-state index contributed by atoms with van der Waals surface area (Å²) >= 11 is 0. The van der Waals surface area contributed by atoms with Crippen molar-refractivity contribution in [1.29, 1.82) is 0 Å². The van der Waals surface area contributed by atoms with Gasteiger partial charge in [0.05, 0.1) is 7.11 Å². The quantitative estimate of drug-likeness (QED) is 0.478. The molecule has 8 heteroatoms. The Labute approximate surface area is 129 Å². The van der Waals surface area contributed by atoms with E-state index >= 15 is 0 Å². The molecule has 1 aromatic rings. The van der Waals surface area contributed by atoms with Crippen molar-refractivity contribution < 1.29 is 23.8 Å². The van der Waals surface area contributed by atoms with Crippen LogP contribution in [0.2, 0.25) is 0 Å². The number of methoxy groups -OCH3 is 2. The molecule has 0 spiro atoms. The summed E-state index contributed by atoms with van der Waals surface area (Å²) in [5.74, 6) is 0.756. The first-order valence-electron chi connectivity index (χ1n) is 6.74. The maximum atomic E-state index is 11.5. The first-order valence-corrected chi connectivity index (χ1v) is 6.74. The fourth-order valence-corrected chi connectivity index (χ4v) is 1.45. The van der Waals surface area contributed by atoms with Crippen LogP contribution < -0.4 is 25.6 Å². The predicted octanol–water partition coefficient (Wildman–Crippen LogP) is 0.441. The molecule has 0 aliphatic carbocycles. The molecule has 0 bridgehead atoms. The number of hydrazine groups is 1. The van der Waals surface area contributed by atoms with Crippen molar-refractivity contribution in [2.75, 3.05) is 34.0 Å². The third kappa shape index (κ3) is 7.34. The van der Waals surface area contributed by atoms with E-state index in [0.717, 1.165) is 0 Å². The summed E-state index contributed by atoms with van der Waals surface area (Å²) in [5.41, 5.74) is 4.46. The zero-order valence-electron chi connectivity index (χ0n) is 12.7. The molecular weight excluding hydrogens is 290 g/mol. The number of rotatable bonds is 8. The summed E-state index contributed by atoms with van der Waals surface area (Å²) in [7, 11) is 3.15. The molecule has 0 saturated heterocycles. The number of carbonyl (C=O) groups excluding carboxylic acids is 2. The van der Waals surface area contributed by atoms with E-state index in [4.69, 9.17) is 14.2 Å². The summed E-state index contributed by atoms with van der Waals surface area (Å²) in [6, 6.07) is 6.32. The summed E-state index contributed by atoms with van der Waals surface area (Å²) in [6.45, 7) is 0.802. The number of nitrogens with one attached hydrogen (secondary N) is 3. The Hall–Kier alpha value is -2.48. The molecule has 0 radical (unpaired) electrons. The lowest BCUT2D eigenvalue weighted by molar-refractivity contribution is -0.123. The number of benzene rings is 1. The maximum absolute atomic E-state index is 11.5. The Bertz CT molecular complexity index is 464. The van der Waals surface area contributed by atoms with Gasteiger partial charge in [0, 0.05) is 20.3 Å². The van der Waals surface area contributed by atoms with Crippen molar-refractivity contribution in [3.8, 4) is 11.5 Å². The van der Waals surface area contributed by atoms with Gasteiger partial charge in [0.15, 0.2) is 6.61 Å². The first kappa shape index (κ1) is 17.6. The SMILES string of the molecule is COCCCNC(=O)NNC(=O)COc1ccc(OC)cc1. The highest BCUT2D eigenvalue weighted by Gasteiger charge is 2.05. The highest BCUT2D eigenvalue weighted by atomic mass is 16.5. The molecule has 122 valence electrons. The third-order valence-corrected chi connectivity index (χ3v) is 2.56. The van der Waals surface area contributed by atoms with Crippen LogP contribution in [0.25, 0.3) is 0 Å². The number of ether oxygens (including phenoxy) is 3. The second kappa shape index (κ2) is 10.3. The van der Waals surface area contributed by atoms with Crippen molar-refractivity contribution in [1.82, 2.24) is 16.2 Å². The largest absolute Gasteiger partial charge is 0.497 e. The van der Waals surface area contributed by atoms with Gasteiger partial charge in [-0.2, -0.15) is 0 Å². The molecule has 3 amide bonds. The van der Waals surface area contributed by atoms with Crippen LogP contribution in [0.1, 0.15) is 6.42 Å². The summed E-state index contributed by atoms with van der Waals surface area (Å²) in [5, 5.41) is 2.56. The van der Waals surface area contributed by atoms with Gasteiger partial charge in [0.25, 0.3) is 5.91 Å². The van der Waals surface area contributed by atoms with E-state index in [1.807, 2.05) is 0 Å². The zero-order chi connectivity index (χ0) is 16.2. The van der Waals surface area contributed by atoms with Gasteiger partial charge in [-0.3, -0.25) is 10.2 Å². The Morgan fingerprint density at radius 2 is 1.73 bits per heavy atom. The Morgan fingerprint density at radius 1 is 1.05 bits per heavy atom. The molecule has 0 aliphatic heterocycles. The molecule has 3 N–H and O–H groups in total. The van der Waals surface area contributed by atoms with Crippen LogP contribution in [0.15, 0.2) is 24.3 Å². The fourth-order valence-electron chi connectivity index (χ4n) is 1.45. The van der Waals surface area contributed by atoms with Crippen LogP contribution in [0.5, 0.6) is 11.5 Å². The Balaban J connectivity index is 2.16. The van der Waals surface area contributed by atoms with Crippen LogP contribution in [0.4, 0.5) is 4.79 Å². The molecule has 0 aliphatic rings. The molecule has 0 unspecified atom stereocenters. The standard InChI is InChI=1S/C14H21N3O5/c1-20-9-3-8-15-14(19)17-16-13(18)10-22-12-6-4-11(21-2)5-7-12/h4-7H,3,8-10H2,1-2H3,(H,16,18)(H2,15,17,19). The topological polar surface area (TPSA) is 97.9 Å². The Morgan fingerprint density at radius 3 is 2.36 bits per heavy atom. The van der Waals surface area contributed by atoms with Gasteiger partial charge in [-0.1, -0.05) is 0 Å². The van der Waals surface area contributed by atoms with E-state index in [1.54, 1.807) is 38.5 Å². The number of carbonyl (C=O) groups is 2. The zero-order valence-corrected chi connectivity index (χ0v) is 12.7. The second-order valence-electron chi connectivity index (χ2n) is 4.24. The van der Waals surface area contributed by atoms with Gasteiger partial charge in [0.1, 0.15) is 11.5 Å². The minimum atomic E-state index is -0.492. The number of amides is 3. The lowest BCUT2D eigenvalue weighted by Gasteiger charge is -2.10. The van der Waals surface area contributed by atoms with Gasteiger partial charge in [-0.05, 0) is 30.7 Å². The normalized spacial score (nSPS) is 9.73. The molecule has 0 fully saturated rings. The molecule has 1 rings (SSSR count). The maximum Gasteiger partial charge on any atom is 0.333 e. The van der Waals surface area contributed by atoms with Crippen molar-refractivity contribution in [2.45, 2.75) is 6.42 Å². The van der Waals surface area contributed by atoms with Crippen LogP contribution in [0, 0.1) is 0 Å². The van der Waals surface area contributed by atoms with E-state index in [-0.39, 0.29) is 6.61 Å². The lowest BCUT2D eigenvalue weighted by atomic mass is 10.3. The lowest BCUT2D eigenvalue weighted by Crippen LogP contribution is -2.48. The van der Waals surface area contributed by atoms with Crippen molar-refractivity contribution in [2.24, 2.45) is 0 Å². The summed E-state index contributed by atoms with van der Waals surface area (Å²) in [6.07, 6.45) is 0.693. The van der Waals surface area contributed by atoms with Gasteiger partial charge in [0.2, 0.25) is 0 Å². The molecule has 8 nitrogen and oxygen atoms in total. The Kier molecular flexibility index (Phi) is 8.21. The van der Waals surface area contributed by atoms with E-state index in [1.165, 1.54) is 0 Å². The molecule has 0 heterocycles. The van der Waals surface area contributed by atoms with Crippen molar-refractivity contribution >= 4 is 11.9 Å².